The fraction of sp³-hybridized carbons (Fsp3) is 0.200. The number of H-pyrrole nitrogens is 1. The summed E-state index contributed by atoms with van der Waals surface area (Å²) in [6.45, 7) is 2.33. The Bertz CT molecular complexity index is 698. The second-order valence-corrected chi connectivity index (χ2v) is 4.44. The Morgan fingerprint density at radius 3 is 2.59 bits per heavy atom. The van der Waals surface area contributed by atoms with Crippen molar-refractivity contribution in [3.63, 3.8) is 0 Å². The van der Waals surface area contributed by atoms with Gasteiger partial charge in [-0.25, -0.2) is 9.18 Å². The van der Waals surface area contributed by atoms with E-state index in [-0.39, 0.29) is 18.1 Å². The molecule has 0 radical (unpaired) electrons. The molecule has 3 N–H and O–H groups in total. The number of nitrogens with one attached hydrogen (secondary N) is 3. The molecule has 0 saturated carbocycles. The second kappa shape index (κ2) is 7.26. The highest BCUT2D eigenvalue weighted by molar-refractivity contribution is 5.84. The Morgan fingerprint density at radius 2 is 1.95 bits per heavy atom. The van der Waals surface area contributed by atoms with Crippen LogP contribution in [0.1, 0.15) is 12.5 Å². The van der Waals surface area contributed by atoms with Gasteiger partial charge in [-0.05, 0) is 36.8 Å². The maximum Gasteiger partial charge on any atom is 0.411 e. The second-order valence-electron chi connectivity index (χ2n) is 4.44. The summed E-state index contributed by atoms with van der Waals surface area (Å²) in [5.74, 6) is 0.190. The first-order valence-corrected chi connectivity index (χ1v) is 6.74. The van der Waals surface area contributed by atoms with Gasteiger partial charge in [0.25, 0.3) is 5.56 Å². The molecule has 1 amide bonds. The van der Waals surface area contributed by atoms with E-state index in [1.54, 1.807) is 25.1 Å². The first kappa shape index (κ1) is 15.6. The van der Waals surface area contributed by atoms with E-state index in [0.717, 1.165) is 5.56 Å². The molecule has 0 aliphatic carbocycles. The van der Waals surface area contributed by atoms with E-state index < -0.39 is 11.7 Å². The molecule has 0 atom stereocenters. The Kier molecular flexibility index (Phi) is 5.13. The highest BCUT2D eigenvalue weighted by Gasteiger charge is 2.06. The predicted octanol–water partition coefficient (Wildman–Crippen LogP) is 2.69. The number of hydrogen-bond donors (Lipinski definition) is 3. The van der Waals surface area contributed by atoms with Gasteiger partial charge in [0.1, 0.15) is 17.3 Å². The molecule has 1 heterocycles. The third-order valence-electron chi connectivity index (χ3n) is 2.82. The van der Waals surface area contributed by atoms with E-state index in [1.165, 1.54) is 18.2 Å². The molecule has 7 heteroatoms. The number of ether oxygens (including phenoxy) is 1. The summed E-state index contributed by atoms with van der Waals surface area (Å²) in [6, 6.07) is 9.13. The Hall–Kier alpha value is -2.83. The largest absolute Gasteiger partial charge is 0.450 e. The van der Waals surface area contributed by atoms with Gasteiger partial charge in [0.2, 0.25) is 0 Å². The molecule has 2 aromatic rings. The van der Waals surface area contributed by atoms with Crippen LogP contribution in [-0.4, -0.2) is 17.7 Å². The fourth-order valence-corrected chi connectivity index (χ4v) is 1.75. The molecule has 0 aliphatic heterocycles. The number of hydrogen-bond acceptors (Lipinski definition) is 4. The SMILES string of the molecule is CCOC(=O)Nc1ccc(NCc2ccc(F)cc2)[nH]c1=O. The number of aromatic amines is 1. The molecule has 116 valence electrons. The monoisotopic (exact) mass is 305 g/mol. The highest BCUT2D eigenvalue weighted by atomic mass is 19.1. The lowest BCUT2D eigenvalue weighted by molar-refractivity contribution is 0.168. The van der Waals surface area contributed by atoms with Gasteiger partial charge in [-0.1, -0.05) is 12.1 Å². The van der Waals surface area contributed by atoms with Gasteiger partial charge in [0.05, 0.1) is 6.61 Å². The summed E-state index contributed by atoms with van der Waals surface area (Å²) in [5, 5.41) is 5.35. The van der Waals surface area contributed by atoms with E-state index in [9.17, 15) is 14.0 Å². The van der Waals surface area contributed by atoms with Crippen LogP contribution in [0.25, 0.3) is 0 Å². The zero-order valence-corrected chi connectivity index (χ0v) is 12.0. The van der Waals surface area contributed by atoms with Crippen molar-refractivity contribution in [1.82, 2.24) is 4.98 Å². The van der Waals surface area contributed by atoms with Gasteiger partial charge in [0.15, 0.2) is 0 Å². The predicted molar refractivity (Wildman–Crippen MR) is 81.4 cm³/mol. The Balaban J connectivity index is 1.98. The summed E-state index contributed by atoms with van der Waals surface area (Å²) >= 11 is 0. The number of benzene rings is 1. The summed E-state index contributed by atoms with van der Waals surface area (Å²) in [4.78, 5) is 25.7. The fourth-order valence-electron chi connectivity index (χ4n) is 1.75. The van der Waals surface area contributed by atoms with Crippen LogP contribution >= 0.6 is 0 Å². The molecule has 0 bridgehead atoms. The van der Waals surface area contributed by atoms with Crippen LogP contribution in [-0.2, 0) is 11.3 Å². The number of halogens is 1. The molecule has 2 rings (SSSR count). The normalized spacial score (nSPS) is 10.1. The Morgan fingerprint density at radius 1 is 1.23 bits per heavy atom. The molecule has 1 aromatic heterocycles. The number of anilines is 2. The van der Waals surface area contributed by atoms with E-state index in [0.29, 0.717) is 12.4 Å². The minimum absolute atomic E-state index is 0.103. The van der Waals surface area contributed by atoms with Crippen molar-refractivity contribution in [2.24, 2.45) is 0 Å². The lowest BCUT2D eigenvalue weighted by atomic mass is 10.2. The van der Waals surface area contributed by atoms with Crippen molar-refractivity contribution in [2.45, 2.75) is 13.5 Å². The number of amides is 1. The van der Waals surface area contributed by atoms with Crippen molar-refractivity contribution in [1.29, 1.82) is 0 Å². The van der Waals surface area contributed by atoms with E-state index in [2.05, 4.69) is 15.6 Å². The van der Waals surface area contributed by atoms with Crippen LogP contribution in [0.15, 0.2) is 41.2 Å². The maximum atomic E-state index is 12.8. The summed E-state index contributed by atoms with van der Waals surface area (Å²) in [5.41, 5.74) is 0.527. The average molecular weight is 305 g/mol. The molecule has 0 aliphatic rings. The number of carbonyl (C=O) groups excluding carboxylic acids is 1. The van der Waals surface area contributed by atoms with Crippen LogP contribution in [0, 0.1) is 5.82 Å². The first-order valence-electron chi connectivity index (χ1n) is 6.74. The van der Waals surface area contributed by atoms with Crippen LogP contribution in [0.4, 0.5) is 20.7 Å². The van der Waals surface area contributed by atoms with Crippen molar-refractivity contribution >= 4 is 17.6 Å². The molecule has 22 heavy (non-hydrogen) atoms. The van der Waals surface area contributed by atoms with E-state index in [1.807, 2.05) is 0 Å². The Labute approximate surface area is 126 Å². The van der Waals surface area contributed by atoms with Gasteiger partial charge < -0.3 is 15.0 Å². The summed E-state index contributed by atoms with van der Waals surface area (Å²) in [7, 11) is 0. The smallest absolute Gasteiger partial charge is 0.411 e. The standard InChI is InChI=1S/C15H16FN3O3/c1-2-22-15(21)18-12-7-8-13(19-14(12)20)17-9-10-3-5-11(16)6-4-10/h3-8H,2,9H2,1H3,(H,18,21)(H2,17,19,20). The minimum Gasteiger partial charge on any atom is -0.450 e. The lowest BCUT2D eigenvalue weighted by Gasteiger charge is -2.08. The third-order valence-corrected chi connectivity index (χ3v) is 2.82. The third kappa shape index (κ3) is 4.34. The van der Waals surface area contributed by atoms with Gasteiger partial charge >= 0.3 is 6.09 Å². The quantitative estimate of drug-likeness (QED) is 0.793. The van der Waals surface area contributed by atoms with E-state index >= 15 is 0 Å². The molecular formula is C15H16FN3O3. The molecule has 0 spiro atoms. The summed E-state index contributed by atoms with van der Waals surface area (Å²) < 4.78 is 17.5. The molecule has 6 nitrogen and oxygen atoms in total. The van der Waals surface area contributed by atoms with Crippen molar-refractivity contribution < 1.29 is 13.9 Å². The number of aromatic nitrogens is 1. The van der Waals surface area contributed by atoms with Crippen LogP contribution in [0.5, 0.6) is 0 Å². The molecule has 0 saturated heterocycles. The molecule has 0 fully saturated rings. The molecular weight excluding hydrogens is 289 g/mol. The van der Waals surface area contributed by atoms with Gasteiger partial charge in [-0.15, -0.1) is 0 Å². The molecule has 0 unspecified atom stereocenters. The zero-order chi connectivity index (χ0) is 15.9. The van der Waals surface area contributed by atoms with E-state index in [4.69, 9.17) is 4.74 Å². The van der Waals surface area contributed by atoms with Gasteiger partial charge in [-0.3, -0.25) is 10.1 Å². The van der Waals surface area contributed by atoms with Crippen molar-refractivity contribution in [3.05, 3.63) is 58.1 Å². The minimum atomic E-state index is -0.681. The number of carbonyl (C=O) groups is 1. The number of pyridine rings is 1. The average Bonchev–Trinajstić information content (AvgIpc) is 2.49. The zero-order valence-electron chi connectivity index (χ0n) is 12.0. The number of rotatable bonds is 5. The van der Waals surface area contributed by atoms with Crippen LogP contribution in [0.2, 0.25) is 0 Å². The lowest BCUT2D eigenvalue weighted by Crippen LogP contribution is -2.21. The molecule has 1 aromatic carbocycles. The maximum absolute atomic E-state index is 12.8. The van der Waals surface area contributed by atoms with Crippen molar-refractivity contribution in [2.75, 3.05) is 17.2 Å². The van der Waals surface area contributed by atoms with Gasteiger partial charge in [0, 0.05) is 6.54 Å². The van der Waals surface area contributed by atoms with Gasteiger partial charge in [-0.2, -0.15) is 0 Å². The topological polar surface area (TPSA) is 83.2 Å². The highest BCUT2D eigenvalue weighted by Crippen LogP contribution is 2.08. The van der Waals surface area contributed by atoms with Crippen LogP contribution in [0.3, 0.4) is 0 Å². The first-order chi connectivity index (χ1) is 10.6. The summed E-state index contributed by atoms with van der Waals surface area (Å²) in [6.07, 6.45) is -0.681. The van der Waals surface area contributed by atoms with Crippen LogP contribution < -0.4 is 16.2 Å². The van der Waals surface area contributed by atoms with Crippen molar-refractivity contribution in [3.8, 4) is 0 Å².